The maximum Gasteiger partial charge on any atom is 0.261 e. The van der Waals surface area contributed by atoms with Crippen LogP contribution in [0.1, 0.15) is 11.1 Å². The van der Waals surface area contributed by atoms with Crippen molar-refractivity contribution in [3.63, 3.8) is 0 Å². The molecule has 2 rings (SSSR count). The van der Waals surface area contributed by atoms with Gasteiger partial charge in [0.15, 0.2) is 0 Å². The van der Waals surface area contributed by atoms with Crippen LogP contribution in [0.5, 0.6) is 0 Å². The van der Waals surface area contributed by atoms with Crippen LogP contribution in [0.3, 0.4) is 0 Å². The van der Waals surface area contributed by atoms with Crippen molar-refractivity contribution in [3.8, 4) is 0 Å². The van der Waals surface area contributed by atoms with E-state index in [-0.39, 0.29) is 4.90 Å². The van der Waals surface area contributed by atoms with Crippen LogP contribution in [-0.2, 0) is 20.0 Å². The second-order valence-corrected chi connectivity index (χ2v) is 8.75. The lowest BCUT2D eigenvalue weighted by molar-refractivity contribution is 0.600. The van der Waals surface area contributed by atoms with E-state index >= 15 is 0 Å². The van der Waals surface area contributed by atoms with Gasteiger partial charge in [0.1, 0.15) is 0 Å². The molecule has 124 valence electrons. The van der Waals surface area contributed by atoms with Gasteiger partial charge in [-0.25, -0.2) is 16.8 Å². The lowest BCUT2D eigenvalue weighted by Crippen LogP contribution is -2.14. The van der Waals surface area contributed by atoms with Gasteiger partial charge in [0.05, 0.1) is 16.8 Å². The molecule has 23 heavy (non-hydrogen) atoms. The Morgan fingerprint density at radius 3 is 1.96 bits per heavy atom. The Morgan fingerprint density at radius 2 is 1.43 bits per heavy atom. The standard InChI is InChI=1S/C15H18N2O4S2/c1-11-4-7-14(8-5-11)23(20,21)17-15-9-6-13(10-12(15)2)16-22(3,18)19/h4-10,16-17H,1-3H3. The molecule has 0 bridgehead atoms. The van der Waals surface area contributed by atoms with E-state index in [1.54, 1.807) is 25.1 Å². The van der Waals surface area contributed by atoms with Crippen molar-refractivity contribution in [1.82, 2.24) is 0 Å². The van der Waals surface area contributed by atoms with Crippen LogP contribution >= 0.6 is 0 Å². The van der Waals surface area contributed by atoms with Gasteiger partial charge in [-0.15, -0.1) is 0 Å². The third-order valence-electron chi connectivity index (χ3n) is 3.11. The monoisotopic (exact) mass is 354 g/mol. The number of hydrogen-bond acceptors (Lipinski definition) is 4. The summed E-state index contributed by atoms with van der Waals surface area (Å²) in [5.74, 6) is 0. The fourth-order valence-corrected chi connectivity index (χ4v) is 3.66. The first-order valence-electron chi connectivity index (χ1n) is 6.75. The van der Waals surface area contributed by atoms with Gasteiger partial charge in [0, 0.05) is 5.69 Å². The van der Waals surface area contributed by atoms with Gasteiger partial charge in [0.2, 0.25) is 10.0 Å². The van der Waals surface area contributed by atoms with E-state index in [2.05, 4.69) is 9.44 Å². The van der Waals surface area contributed by atoms with E-state index < -0.39 is 20.0 Å². The molecular formula is C15H18N2O4S2. The maximum atomic E-state index is 12.4. The summed E-state index contributed by atoms with van der Waals surface area (Å²) in [7, 11) is -7.07. The minimum atomic E-state index is -3.69. The zero-order valence-corrected chi connectivity index (χ0v) is 14.6. The molecule has 0 atom stereocenters. The number of anilines is 2. The molecule has 0 aliphatic heterocycles. The molecular weight excluding hydrogens is 336 g/mol. The fraction of sp³-hybridized carbons (Fsp3) is 0.200. The molecule has 0 aliphatic rings. The largest absolute Gasteiger partial charge is 0.284 e. The first kappa shape index (κ1) is 17.3. The predicted molar refractivity (Wildman–Crippen MR) is 91.6 cm³/mol. The Morgan fingerprint density at radius 1 is 0.826 bits per heavy atom. The van der Waals surface area contributed by atoms with E-state index in [1.165, 1.54) is 24.3 Å². The van der Waals surface area contributed by atoms with Crippen LogP contribution in [0, 0.1) is 13.8 Å². The quantitative estimate of drug-likeness (QED) is 0.863. The summed E-state index contributed by atoms with van der Waals surface area (Å²) in [6.45, 7) is 3.57. The second-order valence-electron chi connectivity index (χ2n) is 5.32. The summed E-state index contributed by atoms with van der Waals surface area (Å²) >= 11 is 0. The van der Waals surface area contributed by atoms with E-state index in [0.717, 1.165) is 11.8 Å². The number of hydrogen-bond donors (Lipinski definition) is 2. The predicted octanol–water partition coefficient (Wildman–Crippen LogP) is 2.48. The molecule has 2 aromatic rings. The Hall–Kier alpha value is -2.06. The number of aryl methyl sites for hydroxylation is 2. The topological polar surface area (TPSA) is 92.3 Å². The molecule has 0 saturated carbocycles. The smallest absolute Gasteiger partial charge is 0.261 e. The minimum Gasteiger partial charge on any atom is -0.284 e. The Labute approximate surface area is 136 Å². The average molecular weight is 354 g/mol. The lowest BCUT2D eigenvalue weighted by Gasteiger charge is -2.12. The highest BCUT2D eigenvalue weighted by Crippen LogP contribution is 2.23. The highest BCUT2D eigenvalue weighted by atomic mass is 32.2. The number of nitrogens with one attached hydrogen (secondary N) is 2. The summed E-state index contributed by atoms with van der Waals surface area (Å²) in [5.41, 5.74) is 2.35. The first-order valence-corrected chi connectivity index (χ1v) is 10.1. The molecule has 0 fully saturated rings. The van der Waals surface area contributed by atoms with Crippen LogP contribution in [0.15, 0.2) is 47.4 Å². The van der Waals surface area contributed by atoms with Gasteiger partial charge in [-0.1, -0.05) is 17.7 Å². The molecule has 2 N–H and O–H groups in total. The van der Waals surface area contributed by atoms with Gasteiger partial charge < -0.3 is 0 Å². The molecule has 2 aromatic carbocycles. The van der Waals surface area contributed by atoms with Crippen molar-refractivity contribution in [2.75, 3.05) is 15.7 Å². The van der Waals surface area contributed by atoms with Crippen molar-refractivity contribution in [3.05, 3.63) is 53.6 Å². The summed E-state index contributed by atoms with van der Waals surface area (Å²) in [6.07, 6.45) is 1.05. The Bertz CT molecular complexity index is 918. The normalized spacial score (nSPS) is 12.0. The number of rotatable bonds is 5. The third kappa shape index (κ3) is 4.70. The minimum absolute atomic E-state index is 0.167. The van der Waals surface area contributed by atoms with Gasteiger partial charge in [-0.2, -0.15) is 0 Å². The summed E-state index contributed by atoms with van der Waals surface area (Å²) in [5, 5.41) is 0. The van der Waals surface area contributed by atoms with Gasteiger partial charge in [-0.05, 0) is 49.7 Å². The molecule has 0 unspecified atom stereocenters. The summed E-state index contributed by atoms with van der Waals surface area (Å²) in [6, 6.07) is 11.1. The summed E-state index contributed by atoms with van der Waals surface area (Å²) in [4.78, 5) is 0.167. The molecule has 0 saturated heterocycles. The van der Waals surface area contributed by atoms with Gasteiger partial charge in [0.25, 0.3) is 10.0 Å². The van der Waals surface area contributed by atoms with Crippen molar-refractivity contribution in [2.24, 2.45) is 0 Å². The van der Waals surface area contributed by atoms with E-state index in [1.807, 2.05) is 6.92 Å². The highest BCUT2D eigenvalue weighted by molar-refractivity contribution is 7.92. The lowest BCUT2D eigenvalue weighted by atomic mass is 10.2. The SMILES string of the molecule is Cc1ccc(S(=O)(=O)Nc2ccc(NS(C)(=O)=O)cc2C)cc1. The molecule has 0 radical (unpaired) electrons. The van der Waals surface area contributed by atoms with Gasteiger partial charge in [-0.3, -0.25) is 9.44 Å². The van der Waals surface area contributed by atoms with Crippen LogP contribution in [0.2, 0.25) is 0 Å². The molecule has 8 heteroatoms. The number of sulfonamides is 2. The molecule has 0 aromatic heterocycles. The van der Waals surface area contributed by atoms with Crippen molar-refractivity contribution < 1.29 is 16.8 Å². The first-order chi connectivity index (χ1) is 10.6. The molecule has 0 aliphatic carbocycles. The van der Waals surface area contributed by atoms with E-state index in [0.29, 0.717) is 16.9 Å². The molecule has 0 amide bonds. The Balaban J connectivity index is 2.28. The van der Waals surface area contributed by atoms with Crippen molar-refractivity contribution in [1.29, 1.82) is 0 Å². The fourth-order valence-electron chi connectivity index (χ4n) is 1.98. The molecule has 0 heterocycles. The number of benzene rings is 2. The van der Waals surface area contributed by atoms with Crippen LogP contribution in [-0.4, -0.2) is 23.1 Å². The van der Waals surface area contributed by atoms with Crippen LogP contribution < -0.4 is 9.44 Å². The third-order valence-corrected chi connectivity index (χ3v) is 5.09. The highest BCUT2D eigenvalue weighted by Gasteiger charge is 2.15. The average Bonchev–Trinajstić information content (AvgIpc) is 2.40. The van der Waals surface area contributed by atoms with Crippen LogP contribution in [0.4, 0.5) is 11.4 Å². The van der Waals surface area contributed by atoms with E-state index in [4.69, 9.17) is 0 Å². The van der Waals surface area contributed by atoms with Crippen molar-refractivity contribution in [2.45, 2.75) is 18.7 Å². The zero-order chi connectivity index (χ0) is 17.3. The van der Waals surface area contributed by atoms with Gasteiger partial charge >= 0.3 is 0 Å². The zero-order valence-electron chi connectivity index (χ0n) is 13.0. The second kappa shape index (κ2) is 6.21. The Kier molecular flexibility index (Phi) is 4.67. The maximum absolute atomic E-state index is 12.4. The summed E-state index contributed by atoms with van der Waals surface area (Å²) < 4.78 is 52.0. The van der Waals surface area contributed by atoms with Crippen LogP contribution in [0.25, 0.3) is 0 Å². The van der Waals surface area contributed by atoms with Crippen molar-refractivity contribution >= 4 is 31.4 Å². The molecule has 0 spiro atoms. The molecule has 6 nitrogen and oxygen atoms in total. The van der Waals surface area contributed by atoms with E-state index in [9.17, 15) is 16.8 Å².